The van der Waals surface area contributed by atoms with Crippen molar-refractivity contribution in [1.82, 2.24) is 0 Å². The Balaban J connectivity index is 1.83. The van der Waals surface area contributed by atoms with Crippen LogP contribution in [0.3, 0.4) is 0 Å². The predicted octanol–water partition coefficient (Wildman–Crippen LogP) is 6.95. The molecule has 1 unspecified atom stereocenters. The third kappa shape index (κ3) is 6.83. The van der Waals surface area contributed by atoms with E-state index in [1.54, 1.807) is 0 Å². The van der Waals surface area contributed by atoms with E-state index in [0.717, 1.165) is 37.7 Å². The maximum absolute atomic E-state index is 13.5. The highest BCUT2D eigenvalue weighted by molar-refractivity contribution is 5.22. The van der Waals surface area contributed by atoms with E-state index in [4.69, 9.17) is 4.74 Å². The van der Waals surface area contributed by atoms with Gasteiger partial charge in [0.1, 0.15) is 6.10 Å². The first kappa shape index (κ1) is 21.1. The molecule has 26 heavy (non-hydrogen) atoms. The number of halogens is 2. The second-order valence-corrected chi connectivity index (χ2v) is 7.58. The van der Waals surface area contributed by atoms with Gasteiger partial charge in [-0.3, -0.25) is 0 Å². The first-order valence-corrected chi connectivity index (χ1v) is 10.2. The van der Waals surface area contributed by atoms with Gasteiger partial charge in [-0.1, -0.05) is 56.2 Å². The molecule has 3 heteroatoms. The van der Waals surface area contributed by atoms with E-state index >= 15 is 0 Å². The Morgan fingerprint density at radius 2 is 1.69 bits per heavy atom. The molecule has 1 atom stereocenters. The van der Waals surface area contributed by atoms with E-state index in [2.05, 4.69) is 31.2 Å². The van der Waals surface area contributed by atoms with Crippen LogP contribution in [0.15, 0.2) is 36.4 Å². The number of aryl methyl sites for hydroxylation is 1. The Hall–Kier alpha value is -1.22. The molecule has 2 rings (SSSR count). The quantitative estimate of drug-likeness (QED) is 0.322. The molecule has 1 aromatic carbocycles. The minimum absolute atomic E-state index is 0.0233. The first-order chi connectivity index (χ1) is 12.6. The molecule has 1 saturated carbocycles. The zero-order chi connectivity index (χ0) is 18.8. The van der Waals surface area contributed by atoms with Crippen LogP contribution < -0.4 is 0 Å². The number of alkyl halides is 2. The minimum atomic E-state index is -2.41. The number of hydrogen-bond donors (Lipinski definition) is 0. The average molecular weight is 365 g/mol. The topological polar surface area (TPSA) is 9.23 Å². The van der Waals surface area contributed by atoms with Crippen molar-refractivity contribution in [2.75, 3.05) is 0 Å². The highest BCUT2D eigenvalue weighted by atomic mass is 19.3. The van der Waals surface area contributed by atoms with Crippen LogP contribution in [0, 0.1) is 11.8 Å². The standard InChI is InChI=1S/C23H34F2O/c1-3-5-6-8-19-9-11-20(12-10-19)17-26-22(23(24)25)21-15-13-18(7-4-2)14-16-21/h4,7,9-12,18,21-23H,3,5-6,8,13-17H2,1-2H3/b7-4+. The van der Waals surface area contributed by atoms with Crippen LogP contribution in [0.4, 0.5) is 8.78 Å². The second-order valence-electron chi connectivity index (χ2n) is 7.58. The van der Waals surface area contributed by atoms with Crippen molar-refractivity contribution in [3.63, 3.8) is 0 Å². The summed E-state index contributed by atoms with van der Waals surface area (Å²) in [6.45, 7) is 4.50. The lowest BCUT2D eigenvalue weighted by Crippen LogP contribution is -2.33. The third-order valence-electron chi connectivity index (χ3n) is 5.53. The van der Waals surface area contributed by atoms with Crippen molar-refractivity contribution in [3.8, 4) is 0 Å². The van der Waals surface area contributed by atoms with Gasteiger partial charge in [0.2, 0.25) is 0 Å². The Bertz CT molecular complexity index is 516. The molecular weight excluding hydrogens is 330 g/mol. The molecule has 0 N–H and O–H groups in total. The van der Waals surface area contributed by atoms with Crippen LogP contribution in [0.25, 0.3) is 0 Å². The number of ether oxygens (including phenoxy) is 1. The molecular formula is C23H34F2O. The normalized spacial score (nSPS) is 22.2. The fourth-order valence-corrected chi connectivity index (χ4v) is 3.93. The lowest BCUT2D eigenvalue weighted by Gasteiger charge is -2.32. The van der Waals surface area contributed by atoms with Gasteiger partial charge in [-0.2, -0.15) is 0 Å². The van der Waals surface area contributed by atoms with Gasteiger partial charge in [-0.25, -0.2) is 8.78 Å². The van der Waals surface area contributed by atoms with Gasteiger partial charge in [0.05, 0.1) is 6.61 Å². The molecule has 1 nitrogen and oxygen atoms in total. The summed E-state index contributed by atoms with van der Waals surface area (Å²) in [5, 5.41) is 0. The van der Waals surface area contributed by atoms with E-state index in [9.17, 15) is 8.78 Å². The average Bonchev–Trinajstić information content (AvgIpc) is 2.64. The maximum atomic E-state index is 13.5. The molecule has 1 aliphatic rings. The van der Waals surface area contributed by atoms with Crippen molar-refractivity contribution < 1.29 is 13.5 Å². The van der Waals surface area contributed by atoms with Gasteiger partial charge in [-0.05, 0) is 68.4 Å². The van der Waals surface area contributed by atoms with Gasteiger partial charge >= 0.3 is 0 Å². The molecule has 0 aromatic heterocycles. The van der Waals surface area contributed by atoms with Gasteiger partial charge < -0.3 is 4.74 Å². The van der Waals surface area contributed by atoms with E-state index in [0.29, 0.717) is 5.92 Å². The lowest BCUT2D eigenvalue weighted by molar-refractivity contribution is -0.101. The van der Waals surface area contributed by atoms with Crippen LogP contribution in [0.5, 0.6) is 0 Å². The number of hydrogen-bond acceptors (Lipinski definition) is 1. The molecule has 0 bridgehead atoms. The largest absolute Gasteiger partial charge is 0.367 e. The summed E-state index contributed by atoms with van der Waals surface area (Å²) in [5.74, 6) is 0.527. The summed E-state index contributed by atoms with van der Waals surface area (Å²) in [5.41, 5.74) is 2.30. The van der Waals surface area contributed by atoms with E-state index in [1.165, 1.54) is 24.8 Å². The summed E-state index contributed by atoms with van der Waals surface area (Å²) in [4.78, 5) is 0. The van der Waals surface area contributed by atoms with Crippen molar-refractivity contribution >= 4 is 0 Å². The van der Waals surface area contributed by atoms with E-state index in [1.807, 2.05) is 19.1 Å². The maximum Gasteiger partial charge on any atom is 0.264 e. The van der Waals surface area contributed by atoms with Crippen LogP contribution in [0.1, 0.15) is 69.9 Å². The third-order valence-corrected chi connectivity index (χ3v) is 5.53. The highest BCUT2D eigenvalue weighted by Crippen LogP contribution is 2.35. The molecule has 0 spiro atoms. The monoisotopic (exact) mass is 364 g/mol. The SMILES string of the molecule is C/C=C/C1CCC(C(OCc2ccc(CCCCC)cc2)C(F)F)CC1. The molecule has 1 aromatic rings. The zero-order valence-corrected chi connectivity index (χ0v) is 16.3. The van der Waals surface area contributed by atoms with Crippen molar-refractivity contribution in [3.05, 3.63) is 47.5 Å². The molecule has 1 fully saturated rings. The van der Waals surface area contributed by atoms with Crippen LogP contribution in [-0.4, -0.2) is 12.5 Å². The molecule has 146 valence electrons. The van der Waals surface area contributed by atoms with Crippen molar-refractivity contribution in [2.45, 2.75) is 84.4 Å². The predicted molar refractivity (Wildman–Crippen MR) is 105 cm³/mol. The van der Waals surface area contributed by atoms with Crippen LogP contribution in [0.2, 0.25) is 0 Å². The number of allylic oxidation sites excluding steroid dienone is 2. The molecule has 0 heterocycles. The summed E-state index contributed by atoms with van der Waals surface area (Å²) in [7, 11) is 0. The molecule has 0 amide bonds. The Labute approximate surface area is 157 Å². The molecule has 0 saturated heterocycles. The smallest absolute Gasteiger partial charge is 0.264 e. The Morgan fingerprint density at radius 3 is 2.27 bits per heavy atom. The highest BCUT2D eigenvalue weighted by Gasteiger charge is 2.33. The number of rotatable bonds is 10. The van der Waals surface area contributed by atoms with Gasteiger partial charge in [-0.15, -0.1) is 0 Å². The van der Waals surface area contributed by atoms with Crippen LogP contribution >= 0.6 is 0 Å². The fourth-order valence-electron chi connectivity index (χ4n) is 3.93. The number of benzene rings is 1. The lowest BCUT2D eigenvalue weighted by atomic mass is 9.79. The molecule has 0 radical (unpaired) electrons. The Morgan fingerprint density at radius 1 is 1.04 bits per heavy atom. The van der Waals surface area contributed by atoms with Gasteiger partial charge in [0.25, 0.3) is 6.43 Å². The number of unbranched alkanes of at least 4 members (excludes halogenated alkanes) is 2. The van der Waals surface area contributed by atoms with Gasteiger partial charge in [0.15, 0.2) is 0 Å². The van der Waals surface area contributed by atoms with Crippen molar-refractivity contribution in [1.29, 1.82) is 0 Å². The first-order valence-electron chi connectivity index (χ1n) is 10.2. The summed E-state index contributed by atoms with van der Waals surface area (Å²) >= 11 is 0. The Kier molecular flexibility index (Phi) is 9.31. The minimum Gasteiger partial charge on any atom is -0.367 e. The molecule has 0 aliphatic heterocycles. The second kappa shape index (κ2) is 11.5. The summed E-state index contributed by atoms with van der Waals surface area (Å²) in [6, 6.07) is 8.25. The summed E-state index contributed by atoms with van der Waals surface area (Å²) < 4.78 is 32.8. The van der Waals surface area contributed by atoms with E-state index < -0.39 is 12.5 Å². The van der Waals surface area contributed by atoms with E-state index in [-0.39, 0.29) is 12.5 Å². The van der Waals surface area contributed by atoms with Crippen molar-refractivity contribution in [2.24, 2.45) is 11.8 Å². The van der Waals surface area contributed by atoms with Gasteiger partial charge in [0, 0.05) is 0 Å². The van der Waals surface area contributed by atoms with Crippen LogP contribution in [-0.2, 0) is 17.8 Å². The molecule has 1 aliphatic carbocycles. The zero-order valence-electron chi connectivity index (χ0n) is 16.3. The summed E-state index contributed by atoms with van der Waals surface area (Å²) in [6.07, 6.45) is 9.34. The fraction of sp³-hybridized carbons (Fsp3) is 0.652.